The summed E-state index contributed by atoms with van der Waals surface area (Å²) < 4.78 is 0. The third-order valence-corrected chi connectivity index (χ3v) is 6.16. The maximum Gasteiger partial charge on any atom is 0.270 e. The van der Waals surface area contributed by atoms with Crippen LogP contribution in [0.25, 0.3) is 27.9 Å². The maximum atomic E-state index is 12.9. The molecule has 2 aromatic carbocycles. The molecule has 0 radical (unpaired) electrons. The summed E-state index contributed by atoms with van der Waals surface area (Å²) in [6.07, 6.45) is 3.54. The Hall–Kier alpha value is -4.50. The van der Waals surface area contributed by atoms with Crippen LogP contribution in [0.15, 0.2) is 72.1 Å². The molecule has 4 N–H and O–H groups in total. The normalized spacial score (nSPS) is 14.0. The van der Waals surface area contributed by atoms with E-state index in [1.807, 2.05) is 66.4 Å². The van der Waals surface area contributed by atoms with E-state index in [0.29, 0.717) is 17.3 Å². The number of H-pyrrole nitrogens is 1. The second-order valence-electron chi connectivity index (χ2n) is 8.61. The molecule has 1 saturated heterocycles. The van der Waals surface area contributed by atoms with Gasteiger partial charge in [-0.2, -0.15) is 5.10 Å². The topological polar surface area (TPSA) is 110 Å². The van der Waals surface area contributed by atoms with Gasteiger partial charge in [-0.15, -0.1) is 0 Å². The molecule has 5 rings (SSSR count). The maximum absolute atomic E-state index is 12.9. The van der Waals surface area contributed by atoms with E-state index in [1.54, 1.807) is 12.4 Å². The van der Waals surface area contributed by atoms with Crippen LogP contribution in [-0.2, 0) is 0 Å². The van der Waals surface area contributed by atoms with Gasteiger partial charge in [0, 0.05) is 67.4 Å². The van der Waals surface area contributed by atoms with Gasteiger partial charge in [0.15, 0.2) is 5.82 Å². The second kappa shape index (κ2) is 10.4. The summed E-state index contributed by atoms with van der Waals surface area (Å²) in [6, 6.07) is 17.7. The fourth-order valence-corrected chi connectivity index (χ4v) is 4.18. The first-order chi connectivity index (χ1) is 17.6. The molecule has 182 valence electrons. The molecular formula is C27H28N8O. The second-order valence-corrected chi connectivity index (χ2v) is 8.61. The molecule has 1 aliphatic rings. The number of allylic oxidation sites excluding steroid dienone is 1. The smallest absolute Gasteiger partial charge is 0.270 e. The highest BCUT2D eigenvalue weighted by Crippen LogP contribution is 2.25. The minimum absolute atomic E-state index is 0.0297. The van der Waals surface area contributed by atoms with Crippen LogP contribution in [0.3, 0.4) is 0 Å². The minimum Gasteiger partial charge on any atom is -0.351 e. The zero-order valence-corrected chi connectivity index (χ0v) is 20.1. The molecule has 0 bridgehead atoms. The van der Waals surface area contributed by atoms with E-state index in [1.165, 1.54) is 0 Å². The minimum atomic E-state index is 0.0297. The van der Waals surface area contributed by atoms with Gasteiger partial charge in [-0.1, -0.05) is 24.3 Å². The highest BCUT2D eigenvalue weighted by Gasteiger charge is 2.19. The lowest BCUT2D eigenvalue weighted by atomic mass is 10.1. The summed E-state index contributed by atoms with van der Waals surface area (Å²) in [6.45, 7) is 8.50. The lowest BCUT2D eigenvalue weighted by Crippen LogP contribution is -2.46. The van der Waals surface area contributed by atoms with Crippen molar-refractivity contribution in [3.05, 3.63) is 78.3 Å². The Kier molecular flexibility index (Phi) is 6.72. The van der Waals surface area contributed by atoms with Gasteiger partial charge in [-0.05, 0) is 48.4 Å². The molecule has 3 heterocycles. The van der Waals surface area contributed by atoms with Gasteiger partial charge in [0.1, 0.15) is 11.5 Å². The third-order valence-electron chi connectivity index (χ3n) is 6.16. The van der Waals surface area contributed by atoms with Crippen molar-refractivity contribution in [2.45, 2.75) is 6.92 Å². The van der Waals surface area contributed by atoms with E-state index in [9.17, 15) is 4.79 Å². The highest BCUT2D eigenvalue weighted by atomic mass is 16.2. The third kappa shape index (κ3) is 5.11. The average Bonchev–Trinajstić information content (AvgIpc) is 3.36. The number of hydrazone groups is 1. The Morgan fingerprint density at radius 2 is 1.92 bits per heavy atom. The number of nitrogens with one attached hydrogen (secondary N) is 4. The van der Waals surface area contributed by atoms with Crippen molar-refractivity contribution < 1.29 is 4.79 Å². The number of fused-ring (bicyclic) bond motifs is 1. The predicted octanol–water partition coefficient (Wildman–Crippen LogP) is 3.98. The van der Waals surface area contributed by atoms with E-state index >= 15 is 0 Å². The summed E-state index contributed by atoms with van der Waals surface area (Å²) in [4.78, 5) is 27.2. The van der Waals surface area contributed by atoms with E-state index in [4.69, 9.17) is 4.98 Å². The van der Waals surface area contributed by atoms with Crippen LogP contribution in [0.1, 0.15) is 23.0 Å². The molecule has 4 aromatic rings. The van der Waals surface area contributed by atoms with Crippen LogP contribution in [0.4, 0.5) is 11.5 Å². The number of hydrogen-bond acceptors (Lipinski definition) is 7. The van der Waals surface area contributed by atoms with E-state index in [2.05, 4.69) is 37.8 Å². The van der Waals surface area contributed by atoms with Gasteiger partial charge in [0.25, 0.3) is 5.91 Å². The molecule has 2 aromatic heterocycles. The lowest BCUT2D eigenvalue weighted by molar-refractivity contribution is 0.0731. The number of amides is 1. The number of piperazine rings is 1. The van der Waals surface area contributed by atoms with Crippen molar-refractivity contribution in [2.24, 2.45) is 5.10 Å². The monoisotopic (exact) mass is 480 g/mol. The Bertz CT molecular complexity index is 1420. The van der Waals surface area contributed by atoms with Gasteiger partial charge in [-0.3, -0.25) is 10.2 Å². The van der Waals surface area contributed by atoms with Crippen LogP contribution in [0.2, 0.25) is 0 Å². The number of carbonyl (C=O) groups is 1. The first-order valence-corrected chi connectivity index (χ1v) is 11.8. The van der Waals surface area contributed by atoms with Crippen LogP contribution in [-0.4, -0.2) is 58.7 Å². The lowest BCUT2D eigenvalue weighted by Gasteiger charge is -2.26. The number of nitrogens with zero attached hydrogens (tertiary/aromatic N) is 4. The summed E-state index contributed by atoms with van der Waals surface area (Å²) in [5.41, 5.74) is 8.15. The summed E-state index contributed by atoms with van der Waals surface area (Å²) in [7, 11) is 0. The summed E-state index contributed by atoms with van der Waals surface area (Å²) in [5.74, 6) is 1.32. The van der Waals surface area contributed by atoms with Crippen molar-refractivity contribution in [3.63, 3.8) is 0 Å². The molecule has 1 amide bonds. The van der Waals surface area contributed by atoms with Crippen molar-refractivity contribution in [3.8, 4) is 11.4 Å². The van der Waals surface area contributed by atoms with Gasteiger partial charge < -0.3 is 20.5 Å². The number of aromatic nitrogens is 3. The van der Waals surface area contributed by atoms with Gasteiger partial charge in [-0.25, -0.2) is 9.97 Å². The SMILES string of the molecule is C=NN/C=C(\C)c1ccc(Nc2ccnc(-c3ccc4cc(C(=O)N5CCNCC5)[nH]c4c3)n2)cc1. The van der Waals surface area contributed by atoms with E-state index < -0.39 is 0 Å². The molecule has 1 fully saturated rings. The van der Waals surface area contributed by atoms with Crippen molar-refractivity contribution in [1.29, 1.82) is 0 Å². The number of carbonyl (C=O) groups excluding carboxylic acids is 1. The van der Waals surface area contributed by atoms with E-state index in [0.717, 1.165) is 59.5 Å². The van der Waals surface area contributed by atoms with Crippen LogP contribution < -0.4 is 16.1 Å². The fourth-order valence-electron chi connectivity index (χ4n) is 4.18. The number of rotatable bonds is 7. The van der Waals surface area contributed by atoms with Crippen LogP contribution in [0, 0.1) is 0 Å². The Morgan fingerprint density at radius 3 is 2.69 bits per heavy atom. The Labute approximate surface area is 209 Å². The Morgan fingerprint density at radius 1 is 1.11 bits per heavy atom. The largest absolute Gasteiger partial charge is 0.351 e. The van der Waals surface area contributed by atoms with Crippen molar-refractivity contribution in [1.82, 2.24) is 30.6 Å². The zero-order valence-electron chi connectivity index (χ0n) is 20.1. The summed E-state index contributed by atoms with van der Waals surface area (Å²) >= 11 is 0. The first-order valence-electron chi connectivity index (χ1n) is 11.8. The van der Waals surface area contributed by atoms with Crippen LogP contribution >= 0.6 is 0 Å². The molecule has 0 atom stereocenters. The quantitative estimate of drug-likeness (QED) is 0.235. The van der Waals surface area contributed by atoms with E-state index in [-0.39, 0.29) is 5.91 Å². The zero-order chi connectivity index (χ0) is 24.9. The number of anilines is 2. The molecule has 9 heteroatoms. The fraction of sp³-hybridized carbons (Fsp3) is 0.185. The predicted molar refractivity (Wildman–Crippen MR) is 144 cm³/mol. The number of hydrogen-bond donors (Lipinski definition) is 4. The molecular weight excluding hydrogens is 452 g/mol. The average molecular weight is 481 g/mol. The number of benzene rings is 2. The summed E-state index contributed by atoms with van der Waals surface area (Å²) in [5, 5.41) is 11.2. The molecule has 0 aliphatic carbocycles. The molecule has 0 unspecified atom stereocenters. The highest BCUT2D eigenvalue weighted by molar-refractivity contribution is 5.98. The molecule has 36 heavy (non-hydrogen) atoms. The number of aromatic amines is 1. The molecule has 0 saturated carbocycles. The van der Waals surface area contributed by atoms with Crippen molar-refractivity contribution in [2.75, 3.05) is 31.5 Å². The molecule has 0 spiro atoms. The standard InChI is InChI=1S/C27H28N8O/c1-18(17-31-28-2)19-5-7-22(8-6-19)32-25-9-10-30-26(34-25)21-4-3-20-15-24(33-23(20)16-21)27(36)35-13-11-29-12-14-35/h3-10,15-17,29,31,33H,2,11-14H2,1H3,(H,30,32,34)/b18-17+. The van der Waals surface area contributed by atoms with Gasteiger partial charge in [0.2, 0.25) is 0 Å². The first kappa shape index (κ1) is 23.3. The van der Waals surface area contributed by atoms with Crippen molar-refractivity contribution >= 4 is 40.6 Å². The molecule has 9 nitrogen and oxygen atoms in total. The molecule has 1 aliphatic heterocycles. The van der Waals surface area contributed by atoms with Crippen LogP contribution in [0.5, 0.6) is 0 Å². The van der Waals surface area contributed by atoms with Gasteiger partial charge >= 0.3 is 0 Å². The Balaban J connectivity index is 1.33. The van der Waals surface area contributed by atoms with Gasteiger partial charge in [0.05, 0.1) is 0 Å².